The van der Waals surface area contributed by atoms with Crippen molar-refractivity contribution in [1.82, 2.24) is 9.99 Å². The third-order valence-electron chi connectivity index (χ3n) is 4.66. The van der Waals surface area contributed by atoms with Crippen molar-refractivity contribution in [2.24, 2.45) is 5.10 Å². The van der Waals surface area contributed by atoms with E-state index in [0.29, 0.717) is 0 Å². The van der Waals surface area contributed by atoms with E-state index >= 15 is 0 Å². The van der Waals surface area contributed by atoms with Crippen molar-refractivity contribution in [3.63, 3.8) is 0 Å². The lowest BCUT2D eigenvalue weighted by Gasteiger charge is -2.03. The van der Waals surface area contributed by atoms with Crippen molar-refractivity contribution in [2.45, 2.75) is 13.5 Å². The predicted molar refractivity (Wildman–Crippen MR) is 110 cm³/mol. The zero-order valence-corrected chi connectivity index (χ0v) is 15.3. The first-order chi connectivity index (χ1) is 13.6. The molecule has 4 rings (SSSR count). The molecule has 0 spiro atoms. The van der Waals surface area contributed by atoms with Gasteiger partial charge in [-0.2, -0.15) is 5.10 Å². The van der Waals surface area contributed by atoms with Gasteiger partial charge in [0.25, 0.3) is 5.91 Å². The molecule has 0 fully saturated rings. The van der Waals surface area contributed by atoms with Crippen LogP contribution in [0.4, 0.5) is 0 Å². The molecule has 6 nitrogen and oxygen atoms in total. The van der Waals surface area contributed by atoms with Gasteiger partial charge in [0.1, 0.15) is 11.5 Å². The highest BCUT2D eigenvalue weighted by molar-refractivity contribution is 6.09. The van der Waals surface area contributed by atoms with E-state index in [1.807, 2.05) is 24.3 Å². The first-order valence-electron chi connectivity index (χ1n) is 8.94. The second-order valence-electron chi connectivity index (χ2n) is 6.48. The number of fused-ring (bicyclic) bond motifs is 3. The highest BCUT2D eigenvalue weighted by Gasteiger charge is 2.10. The fraction of sp³-hybridized carbons (Fsp3) is 0.0909. The number of aryl methyl sites for hydroxylation is 1. The second-order valence-corrected chi connectivity index (χ2v) is 6.48. The lowest BCUT2D eigenvalue weighted by Crippen LogP contribution is -2.17. The van der Waals surface area contributed by atoms with Gasteiger partial charge in [-0.15, -0.1) is 0 Å². The first kappa shape index (κ1) is 17.6. The van der Waals surface area contributed by atoms with Crippen LogP contribution in [0.15, 0.2) is 65.8 Å². The molecule has 0 aliphatic carbocycles. The molecule has 140 valence electrons. The Morgan fingerprint density at radius 3 is 2.46 bits per heavy atom. The van der Waals surface area contributed by atoms with Crippen molar-refractivity contribution in [3.8, 4) is 11.5 Å². The summed E-state index contributed by atoms with van der Waals surface area (Å²) in [5, 5.41) is 25.3. The summed E-state index contributed by atoms with van der Waals surface area (Å²) in [5.74, 6) is -0.898. The minimum absolute atomic E-state index is 0.121. The molecule has 0 unspecified atom stereocenters. The Hall–Kier alpha value is -3.80. The van der Waals surface area contributed by atoms with Crippen molar-refractivity contribution < 1.29 is 15.0 Å². The smallest absolute Gasteiger partial charge is 0.271 e. The van der Waals surface area contributed by atoms with Crippen LogP contribution in [-0.2, 0) is 6.54 Å². The van der Waals surface area contributed by atoms with Gasteiger partial charge in [-0.25, -0.2) is 5.43 Å². The average molecular weight is 373 g/mol. The van der Waals surface area contributed by atoms with E-state index in [-0.39, 0.29) is 17.1 Å². The van der Waals surface area contributed by atoms with E-state index in [9.17, 15) is 15.0 Å². The zero-order valence-electron chi connectivity index (χ0n) is 15.3. The lowest BCUT2D eigenvalue weighted by atomic mass is 10.1. The Kier molecular flexibility index (Phi) is 4.45. The number of carbonyl (C=O) groups is 1. The summed E-state index contributed by atoms with van der Waals surface area (Å²) < 4.78 is 2.27. The van der Waals surface area contributed by atoms with E-state index in [0.717, 1.165) is 29.1 Å². The number of nitrogens with zero attached hydrogens (tertiary/aromatic N) is 2. The third-order valence-corrected chi connectivity index (χ3v) is 4.66. The van der Waals surface area contributed by atoms with Crippen molar-refractivity contribution in [3.05, 3.63) is 71.8 Å². The van der Waals surface area contributed by atoms with Gasteiger partial charge in [0, 0.05) is 40.0 Å². The number of hydrogen-bond acceptors (Lipinski definition) is 4. The number of hydrazone groups is 1. The molecule has 0 radical (unpaired) electrons. The number of nitrogens with one attached hydrogen (secondary N) is 1. The standard InChI is InChI=1S/C22H19N3O3/c1-2-25-20-6-4-3-5-18(20)19-9-14(7-8-21(19)25)13-23-24-22(28)15-10-16(26)12-17(27)11-15/h3-13,26-27H,2H2,1H3,(H,24,28)/b23-13-. The molecule has 0 bridgehead atoms. The Bertz CT molecular complexity index is 1200. The van der Waals surface area contributed by atoms with Gasteiger partial charge in [0.15, 0.2) is 0 Å². The number of para-hydroxylation sites is 1. The van der Waals surface area contributed by atoms with Gasteiger partial charge < -0.3 is 14.8 Å². The summed E-state index contributed by atoms with van der Waals surface area (Å²) in [6.07, 6.45) is 1.57. The average Bonchev–Trinajstić information content (AvgIpc) is 3.00. The van der Waals surface area contributed by atoms with Crippen LogP contribution in [0, 0.1) is 0 Å². The molecule has 4 aromatic rings. The molecular weight excluding hydrogens is 354 g/mol. The number of carbonyl (C=O) groups excluding carboxylic acids is 1. The van der Waals surface area contributed by atoms with E-state index in [4.69, 9.17) is 0 Å². The zero-order chi connectivity index (χ0) is 19.7. The fourth-order valence-electron chi connectivity index (χ4n) is 3.45. The predicted octanol–water partition coefficient (Wildman–Crippen LogP) is 3.99. The molecule has 0 atom stereocenters. The second kappa shape index (κ2) is 7.08. The van der Waals surface area contributed by atoms with Crippen LogP contribution >= 0.6 is 0 Å². The third kappa shape index (κ3) is 3.16. The van der Waals surface area contributed by atoms with E-state index in [1.54, 1.807) is 6.21 Å². The fourth-order valence-corrected chi connectivity index (χ4v) is 3.45. The van der Waals surface area contributed by atoms with Crippen molar-refractivity contribution >= 4 is 33.9 Å². The molecular formula is C22H19N3O3. The number of amides is 1. The summed E-state index contributed by atoms with van der Waals surface area (Å²) in [5.41, 5.74) is 5.72. The quantitative estimate of drug-likeness (QED) is 0.373. The molecule has 0 aliphatic rings. The molecule has 0 saturated heterocycles. The minimum atomic E-state index is -0.522. The Labute approximate surface area is 161 Å². The maximum Gasteiger partial charge on any atom is 0.271 e. The number of aromatic nitrogens is 1. The van der Waals surface area contributed by atoms with Crippen LogP contribution in [0.2, 0.25) is 0 Å². The van der Waals surface area contributed by atoms with E-state index < -0.39 is 5.91 Å². The summed E-state index contributed by atoms with van der Waals surface area (Å²) >= 11 is 0. The number of phenols is 2. The SMILES string of the molecule is CCn1c2ccccc2c2cc(/C=N\NC(=O)c3cc(O)cc(O)c3)ccc21. The molecule has 0 aliphatic heterocycles. The molecule has 28 heavy (non-hydrogen) atoms. The summed E-state index contributed by atoms with van der Waals surface area (Å²) in [6.45, 7) is 3.00. The van der Waals surface area contributed by atoms with Crippen LogP contribution in [0.1, 0.15) is 22.8 Å². The summed E-state index contributed by atoms with van der Waals surface area (Å²) in [7, 11) is 0. The molecule has 6 heteroatoms. The van der Waals surface area contributed by atoms with Gasteiger partial charge in [-0.3, -0.25) is 4.79 Å². The van der Waals surface area contributed by atoms with E-state index in [2.05, 4.69) is 40.2 Å². The normalized spacial score (nSPS) is 11.5. The molecule has 1 aromatic heterocycles. The summed E-state index contributed by atoms with van der Waals surface area (Å²) in [6, 6.07) is 18.0. The Balaban J connectivity index is 1.61. The largest absolute Gasteiger partial charge is 0.508 e. The van der Waals surface area contributed by atoms with Gasteiger partial charge in [0.2, 0.25) is 0 Å². The number of rotatable bonds is 4. The minimum Gasteiger partial charge on any atom is -0.508 e. The lowest BCUT2D eigenvalue weighted by molar-refractivity contribution is 0.0954. The molecule has 1 heterocycles. The monoisotopic (exact) mass is 373 g/mol. The maximum atomic E-state index is 12.1. The van der Waals surface area contributed by atoms with Crippen molar-refractivity contribution in [1.29, 1.82) is 0 Å². The van der Waals surface area contributed by atoms with Crippen LogP contribution in [-0.4, -0.2) is 26.9 Å². The highest BCUT2D eigenvalue weighted by Crippen LogP contribution is 2.29. The van der Waals surface area contributed by atoms with Crippen LogP contribution in [0.5, 0.6) is 11.5 Å². The van der Waals surface area contributed by atoms with Gasteiger partial charge in [-0.05, 0) is 42.8 Å². The number of aromatic hydroxyl groups is 2. The van der Waals surface area contributed by atoms with Gasteiger partial charge in [-0.1, -0.05) is 24.3 Å². The van der Waals surface area contributed by atoms with Crippen LogP contribution in [0.3, 0.4) is 0 Å². The Morgan fingerprint density at radius 1 is 1.00 bits per heavy atom. The molecule has 0 saturated carbocycles. The Morgan fingerprint density at radius 2 is 1.71 bits per heavy atom. The van der Waals surface area contributed by atoms with Gasteiger partial charge >= 0.3 is 0 Å². The number of benzene rings is 3. The number of hydrogen-bond donors (Lipinski definition) is 3. The van der Waals surface area contributed by atoms with Crippen LogP contribution in [0.25, 0.3) is 21.8 Å². The van der Waals surface area contributed by atoms with E-state index in [1.165, 1.54) is 23.0 Å². The number of phenolic OH excluding ortho intramolecular Hbond substituents is 2. The van der Waals surface area contributed by atoms with Gasteiger partial charge in [0.05, 0.1) is 6.21 Å². The van der Waals surface area contributed by atoms with Crippen LogP contribution < -0.4 is 5.43 Å². The maximum absolute atomic E-state index is 12.1. The highest BCUT2D eigenvalue weighted by atomic mass is 16.3. The topological polar surface area (TPSA) is 86.9 Å². The van der Waals surface area contributed by atoms with Crippen molar-refractivity contribution in [2.75, 3.05) is 0 Å². The molecule has 3 aromatic carbocycles. The summed E-state index contributed by atoms with van der Waals surface area (Å²) in [4.78, 5) is 12.1. The molecule has 1 amide bonds. The molecule has 3 N–H and O–H groups in total. The first-order valence-corrected chi connectivity index (χ1v) is 8.94.